The molecule has 0 atom stereocenters. The van der Waals surface area contributed by atoms with Crippen molar-refractivity contribution in [2.24, 2.45) is 0 Å². The van der Waals surface area contributed by atoms with Gasteiger partial charge >= 0.3 is 0 Å². The van der Waals surface area contributed by atoms with Gasteiger partial charge in [0, 0.05) is 6.61 Å². The molecule has 2 heteroatoms. The third kappa shape index (κ3) is 3.06. The fourth-order valence-corrected chi connectivity index (χ4v) is 2.26. The summed E-state index contributed by atoms with van der Waals surface area (Å²) in [6.45, 7) is 2.64. The second-order valence-electron chi connectivity index (χ2n) is 4.47. The molecule has 0 unspecified atom stereocenters. The highest BCUT2D eigenvalue weighted by atomic mass is 16.5. The summed E-state index contributed by atoms with van der Waals surface area (Å²) in [5.41, 5.74) is 4.40. The van der Waals surface area contributed by atoms with Gasteiger partial charge in [-0.05, 0) is 56.0 Å². The fourth-order valence-electron chi connectivity index (χ4n) is 2.26. The highest BCUT2D eigenvalue weighted by Crippen LogP contribution is 2.22. The van der Waals surface area contributed by atoms with Crippen LogP contribution < -0.4 is 5.32 Å². The molecular weight excluding hydrogens is 198 g/mol. The van der Waals surface area contributed by atoms with Crippen molar-refractivity contribution in [2.75, 3.05) is 20.2 Å². The Balaban J connectivity index is 1.77. The maximum Gasteiger partial charge on any atom is 0.0716 e. The van der Waals surface area contributed by atoms with Crippen molar-refractivity contribution >= 4 is 0 Å². The summed E-state index contributed by atoms with van der Waals surface area (Å²) in [5, 5.41) is 3.12. The first-order valence-electron chi connectivity index (χ1n) is 6.23. The molecule has 0 saturated carbocycles. The van der Waals surface area contributed by atoms with Crippen molar-refractivity contribution in [3.63, 3.8) is 0 Å². The Kier molecular flexibility index (Phi) is 4.37. The quantitative estimate of drug-likeness (QED) is 0.741. The first-order chi connectivity index (χ1) is 7.90. The zero-order valence-corrected chi connectivity index (χ0v) is 10.1. The Morgan fingerprint density at radius 1 is 1.25 bits per heavy atom. The molecule has 2 nitrogen and oxygen atoms in total. The maximum absolute atomic E-state index is 5.64. The zero-order valence-electron chi connectivity index (χ0n) is 10.1. The van der Waals surface area contributed by atoms with E-state index in [0.717, 1.165) is 26.2 Å². The molecule has 16 heavy (non-hydrogen) atoms. The van der Waals surface area contributed by atoms with Crippen molar-refractivity contribution in [3.05, 3.63) is 34.9 Å². The lowest BCUT2D eigenvalue weighted by Gasteiger charge is -2.06. The summed E-state index contributed by atoms with van der Waals surface area (Å²) in [4.78, 5) is 0. The molecular formula is C14H21NO. The second kappa shape index (κ2) is 6.02. The third-order valence-corrected chi connectivity index (χ3v) is 3.15. The molecule has 0 radical (unpaired) electrons. The van der Waals surface area contributed by atoms with E-state index in [2.05, 4.69) is 23.5 Å². The first kappa shape index (κ1) is 11.6. The van der Waals surface area contributed by atoms with E-state index < -0.39 is 0 Å². The molecule has 1 N–H and O–H groups in total. The smallest absolute Gasteiger partial charge is 0.0716 e. The third-order valence-electron chi connectivity index (χ3n) is 3.15. The average Bonchev–Trinajstić information content (AvgIpc) is 2.76. The van der Waals surface area contributed by atoms with Crippen LogP contribution in [0.5, 0.6) is 0 Å². The molecule has 0 aliphatic heterocycles. The normalized spacial score (nSPS) is 14.1. The van der Waals surface area contributed by atoms with E-state index in [0.29, 0.717) is 0 Å². The van der Waals surface area contributed by atoms with Gasteiger partial charge in [0.15, 0.2) is 0 Å². The van der Waals surface area contributed by atoms with E-state index in [1.54, 1.807) is 5.56 Å². The van der Waals surface area contributed by atoms with Gasteiger partial charge in [-0.1, -0.05) is 18.2 Å². The minimum Gasteiger partial charge on any atom is -0.377 e. The molecule has 2 rings (SSSR count). The first-order valence-corrected chi connectivity index (χ1v) is 6.23. The van der Waals surface area contributed by atoms with Crippen LogP contribution in [0.2, 0.25) is 0 Å². The van der Waals surface area contributed by atoms with Gasteiger partial charge in [0.1, 0.15) is 0 Å². The highest BCUT2D eigenvalue weighted by Gasteiger charge is 2.10. The van der Waals surface area contributed by atoms with Crippen molar-refractivity contribution in [1.82, 2.24) is 5.32 Å². The summed E-state index contributed by atoms with van der Waals surface area (Å²) in [6, 6.07) is 6.80. The van der Waals surface area contributed by atoms with Crippen molar-refractivity contribution in [2.45, 2.75) is 32.3 Å². The molecule has 0 saturated heterocycles. The number of rotatable bonds is 6. The molecule has 0 aromatic heterocycles. The van der Waals surface area contributed by atoms with Gasteiger partial charge < -0.3 is 10.1 Å². The number of hydrogen-bond acceptors (Lipinski definition) is 2. The largest absolute Gasteiger partial charge is 0.377 e. The lowest BCUT2D eigenvalue weighted by Crippen LogP contribution is -2.10. The molecule has 1 aliphatic rings. The summed E-state index contributed by atoms with van der Waals surface area (Å²) in [5.74, 6) is 0. The fraction of sp³-hybridized carbons (Fsp3) is 0.571. The van der Waals surface area contributed by atoms with Crippen LogP contribution in [0.1, 0.15) is 29.5 Å². The van der Waals surface area contributed by atoms with Crippen LogP contribution in [-0.4, -0.2) is 20.2 Å². The van der Waals surface area contributed by atoms with Gasteiger partial charge in [0.25, 0.3) is 0 Å². The van der Waals surface area contributed by atoms with Crippen LogP contribution in [0.3, 0.4) is 0 Å². The highest BCUT2D eigenvalue weighted by molar-refractivity contribution is 5.34. The van der Waals surface area contributed by atoms with Crippen LogP contribution in [0.25, 0.3) is 0 Å². The standard InChI is InChI=1S/C14H21NO/c1-15-8-3-9-16-11-12-6-7-13-4-2-5-14(13)10-12/h6-7,10,15H,2-5,8-9,11H2,1H3. The van der Waals surface area contributed by atoms with E-state index in [1.807, 2.05) is 7.05 Å². The Morgan fingerprint density at radius 3 is 3.00 bits per heavy atom. The molecule has 1 aliphatic carbocycles. The molecule has 0 amide bonds. The molecule has 1 aromatic carbocycles. The number of hydrogen-bond donors (Lipinski definition) is 1. The van der Waals surface area contributed by atoms with Gasteiger partial charge in [-0.3, -0.25) is 0 Å². The number of fused-ring (bicyclic) bond motifs is 1. The minimum atomic E-state index is 0.761. The molecule has 0 heterocycles. The lowest BCUT2D eigenvalue weighted by molar-refractivity contribution is 0.119. The molecule has 1 aromatic rings. The summed E-state index contributed by atoms with van der Waals surface area (Å²) in [7, 11) is 1.97. The van der Waals surface area contributed by atoms with Gasteiger partial charge in [-0.15, -0.1) is 0 Å². The van der Waals surface area contributed by atoms with E-state index in [4.69, 9.17) is 4.74 Å². The van der Waals surface area contributed by atoms with E-state index >= 15 is 0 Å². The number of aryl methyl sites for hydroxylation is 2. The van der Waals surface area contributed by atoms with Crippen molar-refractivity contribution in [3.8, 4) is 0 Å². The topological polar surface area (TPSA) is 21.3 Å². The average molecular weight is 219 g/mol. The Morgan fingerprint density at radius 2 is 2.12 bits per heavy atom. The molecule has 88 valence electrons. The van der Waals surface area contributed by atoms with Crippen LogP contribution >= 0.6 is 0 Å². The van der Waals surface area contributed by atoms with Crippen molar-refractivity contribution < 1.29 is 4.74 Å². The number of benzene rings is 1. The second-order valence-corrected chi connectivity index (χ2v) is 4.47. The Hall–Kier alpha value is -0.860. The van der Waals surface area contributed by atoms with E-state index in [9.17, 15) is 0 Å². The SMILES string of the molecule is CNCCCOCc1ccc2c(c1)CCC2. The predicted octanol–water partition coefficient (Wildman–Crippen LogP) is 2.30. The van der Waals surface area contributed by atoms with Gasteiger partial charge in [0.05, 0.1) is 6.61 Å². The summed E-state index contributed by atoms with van der Waals surface area (Å²) >= 11 is 0. The van der Waals surface area contributed by atoms with Gasteiger partial charge in [-0.2, -0.15) is 0 Å². The molecule has 0 spiro atoms. The monoisotopic (exact) mass is 219 g/mol. The summed E-state index contributed by atoms with van der Waals surface area (Å²) in [6.07, 6.45) is 4.92. The number of ether oxygens (including phenoxy) is 1. The molecule has 0 fully saturated rings. The van der Waals surface area contributed by atoms with Crippen molar-refractivity contribution in [1.29, 1.82) is 0 Å². The Bertz CT molecular complexity index is 336. The van der Waals surface area contributed by atoms with Crippen LogP contribution in [0.4, 0.5) is 0 Å². The van der Waals surface area contributed by atoms with Crippen LogP contribution in [0.15, 0.2) is 18.2 Å². The zero-order chi connectivity index (χ0) is 11.2. The molecule has 0 bridgehead atoms. The lowest BCUT2D eigenvalue weighted by atomic mass is 10.1. The van der Waals surface area contributed by atoms with Crippen LogP contribution in [0, 0.1) is 0 Å². The number of nitrogens with one attached hydrogen (secondary N) is 1. The van der Waals surface area contributed by atoms with Crippen LogP contribution in [-0.2, 0) is 24.2 Å². The Labute approximate surface area is 98.0 Å². The van der Waals surface area contributed by atoms with E-state index in [1.165, 1.54) is 30.4 Å². The van der Waals surface area contributed by atoms with Gasteiger partial charge in [-0.25, -0.2) is 0 Å². The van der Waals surface area contributed by atoms with Gasteiger partial charge in [0.2, 0.25) is 0 Å². The summed E-state index contributed by atoms with van der Waals surface area (Å²) < 4.78 is 5.64. The van der Waals surface area contributed by atoms with E-state index in [-0.39, 0.29) is 0 Å². The minimum absolute atomic E-state index is 0.761. The predicted molar refractivity (Wildman–Crippen MR) is 66.7 cm³/mol. The maximum atomic E-state index is 5.64.